The average Bonchev–Trinajstić information content (AvgIpc) is 3.00. The molecule has 1 aromatic carbocycles. The summed E-state index contributed by atoms with van der Waals surface area (Å²) >= 11 is 0. The maximum atomic E-state index is 12.4. The molecule has 23 heavy (non-hydrogen) atoms. The van der Waals surface area contributed by atoms with Crippen LogP contribution in [0.1, 0.15) is 42.5 Å². The lowest BCUT2D eigenvalue weighted by Gasteiger charge is -2.40. The summed E-state index contributed by atoms with van der Waals surface area (Å²) < 4.78 is 0. The molecular weight excluding hydrogens is 312 g/mol. The Bertz CT molecular complexity index is 541. The van der Waals surface area contributed by atoms with E-state index >= 15 is 0 Å². The van der Waals surface area contributed by atoms with Gasteiger partial charge in [0.25, 0.3) is 0 Å². The number of rotatable bonds is 4. The summed E-state index contributed by atoms with van der Waals surface area (Å²) in [5, 5.41) is 3.42. The zero-order chi connectivity index (χ0) is 15.4. The molecule has 0 radical (unpaired) electrons. The predicted molar refractivity (Wildman–Crippen MR) is 93.0 cm³/mol. The highest BCUT2D eigenvalue weighted by Gasteiger charge is 2.39. The fraction of sp³-hybridized carbons (Fsp3) is 0.556. The Morgan fingerprint density at radius 3 is 2.61 bits per heavy atom. The van der Waals surface area contributed by atoms with Crippen molar-refractivity contribution in [1.29, 1.82) is 0 Å². The van der Waals surface area contributed by atoms with Gasteiger partial charge in [0, 0.05) is 43.5 Å². The minimum atomic E-state index is 0. The summed E-state index contributed by atoms with van der Waals surface area (Å²) in [5.41, 5.74) is 0.988. The van der Waals surface area contributed by atoms with E-state index in [4.69, 9.17) is 0 Å². The van der Waals surface area contributed by atoms with Crippen LogP contribution in [0.4, 0.5) is 0 Å². The van der Waals surface area contributed by atoms with Crippen molar-refractivity contribution in [2.45, 2.75) is 32.1 Å². The Morgan fingerprint density at radius 2 is 1.91 bits per heavy atom. The molecule has 2 saturated heterocycles. The van der Waals surface area contributed by atoms with Crippen LogP contribution in [0.15, 0.2) is 30.3 Å². The van der Waals surface area contributed by atoms with Crippen LogP contribution in [0.25, 0.3) is 0 Å². The maximum absolute atomic E-state index is 12.4. The molecule has 1 spiro atoms. The Morgan fingerprint density at radius 1 is 1.13 bits per heavy atom. The van der Waals surface area contributed by atoms with Crippen molar-refractivity contribution in [1.82, 2.24) is 10.2 Å². The van der Waals surface area contributed by atoms with Crippen LogP contribution in [-0.4, -0.2) is 42.8 Å². The van der Waals surface area contributed by atoms with Gasteiger partial charge in [0.1, 0.15) is 0 Å². The normalized spacial score (nSPS) is 23.6. The third-order valence-corrected chi connectivity index (χ3v) is 5.01. The van der Waals surface area contributed by atoms with E-state index in [2.05, 4.69) is 5.32 Å². The summed E-state index contributed by atoms with van der Waals surface area (Å²) in [5.74, 6) is 0.193. The van der Waals surface area contributed by atoms with Gasteiger partial charge < -0.3 is 10.2 Å². The fourth-order valence-electron chi connectivity index (χ4n) is 3.71. The van der Waals surface area contributed by atoms with E-state index < -0.39 is 0 Å². The van der Waals surface area contributed by atoms with Crippen LogP contribution >= 0.6 is 12.4 Å². The summed E-state index contributed by atoms with van der Waals surface area (Å²) in [4.78, 5) is 26.5. The number of halogens is 1. The van der Waals surface area contributed by atoms with E-state index in [9.17, 15) is 9.59 Å². The Labute approximate surface area is 144 Å². The van der Waals surface area contributed by atoms with Gasteiger partial charge in [-0.3, -0.25) is 9.59 Å². The molecule has 0 aliphatic carbocycles. The van der Waals surface area contributed by atoms with Crippen LogP contribution in [0.5, 0.6) is 0 Å². The molecule has 1 atom stereocenters. The molecule has 0 aromatic heterocycles. The minimum absolute atomic E-state index is 0. The van der Waals surface area contributed by atoms with E-state index in [1.165, 1.54) is 12.8 Å². The second-order valence-electron chi connectivity index (χ2n) is 6.63. The molecule has 2 fully saturated rings. The number of nitrogens with one attached hydrogen (secondary N) is 1. The van der Waals surface area contributed by atoms with Gasteiger partial charge in [-0.15, -0.1) is 12.4 Å². The van der Waals surface area contributed by atoms with Gasteiger partial charge in [-0.05, 0) is 25.8 Å². The third kappa shape index (κ3) is 4.33. The number of Topliss-reactive ketones (excluding diaryl/α,β-unsaturated/α-hetero) is 1. The monoisotopic (exact) mass is 336 g/mol. The van der Waals surface area contributed by atoms with Gasteiger partial charge in [-0.1, -0.05) is 30.3 Å². The molecule has 2 aliphatic rings. The molecule has 3 rings (SSSR count). The van der Waals surface area contributed by atoms with Crippen molar-refractivity contribution >= 4 is 24.1 Å². The predicted octanol–water partition coefficient (Wildman–Crippen LogP) is 2.67. The molecule has 2 aliphatic heterocycles. The van der Waals surface area contributed by atoms with Gasteiger partial charge in [0.05, 0.1) is 0 Å². The molecule has 5 heteroatoms. The van der Waals surface area contributed by atoms with Gasteiger partial charge in [-0.25, -0.2) is 0 Å². The van der Waals surface area contributed by atoms with Gasteiger partial charge in [-0.2, -0.15) is 0 Å². The topological polar surface area (TPSA) is 49.4 Å². The number of hydrogen-bond acceptors (Lipinski definition) is 3. The summed E-state index contributed by atoms with van der Waals surface area (Å²) in [6.07, 6.45) is 4.11. The SMILES string of the molecule is Cl.O=C(CCC(=O)N1CCCC2(CCNC2)C1)c1ccccc1. The number of carbonyl (C=O) groups is 2. The Kier molecular flexibility index (Phi) is 6.19. The van der Waals surface area contributed by atoms with Crippen molar-refractivity contribution in [3.05, 3.63) is 35.9 Å². The summed E-state index contributed by atoms with van der Waals surface area (Å²) in [6, 6.07) is 9.23. The van der Waals surface area contributed by atoms with Crippen LogP contribution in [-0.2, 0) is 4.79 Å². The lowest BCUT2D eigenvalue weighted by atomic mass is 9.79. The van der Waals surface area contributed by atoms with E-state index in [0.29, 0.717) is 18.4 Å². The zero-order valence-corrected chi connectivity index (χ0v) is 14.2. The van der Waals surface area contributed by atoms with Gasteiger partial charge >= 0.3 is 0 Å². The van der Waals surface area contributed by atoms with Crippen LogP contribution in [0.3, 0.4) is 0 Å². The molecule has 1 amide bonds. The smallest absolute Gasteiger partial charge is 0.223 e. The van der Waals surface area contributed by atoms with Crippen molar-refractivity contribution < 1.29 is 9.59 Å². The molecule has 1 unspecified atom stereocenters. The number of piperidine rings is 1. The molecule has 1 N–H and O–H groups in total. The van der Waals surface area contributed by atoms with Crippen LogP contribution in [0.2, 0.25) is 0 Å². The summed E-state index contributed by atoms with van der Waals surface area (Å²) in [7, 11) is 0. The van der Waals surface area contributed by atoms with Crippen LogP contribution < -0.4 is 5.32 Å². The minimum Gasteiger partial charge on any atom is -0.342 e. The van der Waals surface area contributed by atoms with Crippen molar-refractivity contribution in [3.63, 3.8) is 0 Å². The van der Waals surface area contributed by atoms with E-state index in [-0.39, 0.29) is 29.5 Å². The largest absolute Gasteiger partial charge is 0.342 e. The quantitative estimate of drug-likeness (QED) is 0.860. The molecule has 2 heterocycles. The number of likely N-dealkylation sites (tertiary alicyclic amines) is 1. The number of amides is 1. The molecule has 0 bridgehead atoms. The highest BCUT2D eigenvalue weighted by atomic mass is 35.5. The lowest BCUT2D eigenvalue weighted by molar-refractivity contribution is -0.134. The fourth-order valence-corrected chi connectivity index (χ4v) is 3.71. The number of carbonyl (C=O) groups excluding carboxylic acids is 2. The van der Waals surface area contributed by atoms with E-state index in [1.54, 1.807) is 0 Å². The first-order valence-corrected chi connectivity index (χ1v) is 8.25. The first-order valence-electron chi connectivity index (χ1n) is 8.25. The van der Waals surface area contributed by atoms with Gasteiger partial charge in [0.15, 0.2) is 5.78 Å². The number of hydrogen-bond donors (Lipinski definition) is 1. The lowest BCUT2D eigenvalue weighted by Crippen LogP contribution is -2.47. The molecular formula is C18H25ClN2O2. The highest BCUT2D eigenvalue weighted by Crippen LogP contribution is 2.35. The second kappa shape index (κ2) is 7.93. The standard InChI is InChI=1S/C18H24N2O2.ClH/c21-16(15-5-2-1-3-6-15)7-8-17(22)20-12-4-9-18(14-20)10-11-19-13-18;/h1-3,5-6,19H,4,7-14H2;1H. The molecule has 126 valence electrons. The number of ketones is 1. The van der Waals surface area contributed by atoms with Crippen LogP contribution in [0, 0.1) is 5.41 Å². The van der Waals surface area contributed by atoms with Gasteiger partial charge in [0.2, 0.25) is 5.91 Å². The zero-order valence-electron chi connectivity index (χ0n) is 13.4. The molecule has 4 nitrogen and oxygen atoms in total. The van der Waals surface area contributed by atoms with E-state index in [0.717, 1.165) is 32.6 Å². The van der Waals surface area contributed by atoms with Crippen molar-refractivity contribution in [3.8, 4) is 0 Å². The summed E-state index contributed by atoms with van der Waals surface area (Å²) in [6.45, 7) is 3.80. The first kappa shape index (κ1) is 18.0. The number of nitrogens with zero attached hydrogens (tertiary/aromatic N) is 1. The van der Waals surface area contributed by atoms with E-state index in [1.807, 2.05) is 35.2 Å². The molecule has 1 aromatic rings. The van der Waals surface area contributed by atoms with Crippen molar-refractivity contribution in [2.75, 3.05) is 26.2 Å². The third-order valence-electron chi connectivity index (χ3n) is 5.01. The van der Waals surface area contributed by atoms with Crippen molar-refractivity contribution in [2.24, 2.45) is 5.41 Å². The average molecular weight is 337 g/mol. The first-order chi connectivity index (χ1) is 10.7. The Hall–Kier alpha value is -1.39. The number of benzene rings is 1. The highest BCUT2D eigenvalue weighted by molar-refractivity contribution is 5.97. The second-order valence-corrected chi connectivity index (χ2v) is 6.63. The molecule has 0 saturated carbocycles. The Balaban J connectivity index is 0.00000192. The maximum Gasteiger partial charge on any atom is 0.223 e.